The molecular weight excluding hydrogens is 274 g/mol. The first-order valence-electron chi connectivity index (χ1n) is 5.77. The zero-order valence-electron chi connectivity index (χ0n) is 10.5. The molecule has 0 saturated heterocycles. The number of nitriles is 1. The molecular formula is C16H10ClNO2. The van der Waals surface area contributed by atoms with Gasteiger partial charge in [-0.25, -0.2) is 0 Å². The zero-order valence-corrected chi connectivity index (χ0v) is 11.2. The van der Waals surface area contributed by atoms with E-state index in [4.69, 9.17) is 21.6 Å². The van der Waals surface area contributed by atoms with E-state index in [2.05, 4.69) is 6.58 Å². The Morgan fingerprint density at radius 1 is 1.20 bits per heavy atom. The monoisotopic (exact) mass is 283 g/mol. The number of nitrogens with zero attached hydrogens (tertiary/aromatic N) is 1. The van der Waals surface area contributed by atoms with Crippen LogP contribution in [0.4, 0.5) is 0 Å². The molecule has 0 amide bonds. The third kappa shape index (κ3) is 3.25. The Morgan fingerprint density at radius 3 is 2.50 bits per heavy atom. The van der Waals surface area contributed by atoms with Crippen LogP contribution in [0.25, 0.3) is 0 Å². The van der Waals surface area contributed by atoms with E-state index in [1.165, 1.54) is 0 Å². The summed E-state index contributed by atoms with van der Waals surface area (Å²) in [6.07, 6.45) is 0. The Labute approximate surface area is 121 Å². The Kier molecular flexibility index (Phi) is 4.19. The molecule has 0 aliphatic heterocycles. The molecule has 4 heteroatoms. The summed E-state index contributed by atoms with van der Waals surface area (Å²) in [5, 5.41) is 9.17. The Hall–Kier alpha value is -2.57. The second-order valence-corrected chi connectivity index (χ2v) is 4.44. The van der Waals surface area contributed by atoms with Crippen LogP contribution in [0.3, 0.4) is 0 Å². The van der Waals surface area contributed by atoms with Gasteiger partial charge in [-0.3, -0.25) is 4.79 Å². The third-order valence-electron chi connectivity index (χ3n) is 2.56. The summed E-state index contributed by atoms with van der Waals surface area (Å²) >= 11 is 5.83. The standard InChI is InChI=1S/C16H10ClNO2/c1-11(16(19)13-3-2-4-14(17)9-13)20-15-7-5-12(10-18)6-8-15/h2-9H,1H2. The number of hydrogen-bond donors (Lipinski definition) is 0. The average molecular weight is 284 g/mol. The number of halogens is 1. The van der Waals surface area contributed by atoms with Crippen molar-refractivity contribution in [1.29, 1.82) is 5.26 Å². The molecule has 2 aromatic carbocycles. The molecule has 0 atom stereocenters. The number of carbonyl (C=O) groups is 1. The van der Waals surface area contributed by atoms with Crippen molar-refractivity contribution in [3.05, 3.63) is 77.0 Å². The van der Waals surface area contributed by atoms with Gasteiger partial charge in [-0.2, -0.15) is 5.26 Å². The smallest absolute Gasteiger partial charge is 0.227 e. The van der Waals surface area contributed by atoms with Crippen LogP contribution >= 0.6 is 11.6 Å². The fourth-order valence-corrected chi connectivity index (χ4v) is 1.77. The largest absolute Gasteiger partial charge is 0.454 e. The summed E-state index contributed by atoms with van der Waals surface area (Å²) in [6, 6.07) is 15.0. The van der Waals surface area contributed by atoms with Gasteiger partial charge in [-0.15, -0.1) is 0 Å². The van der Waals surface area contributed by atoms with Gasteiger partial charge in [0.1, 0.15) is 5.75 Å². The lowest BCUT2D eigenvalue weighted by Gasteiger charge is -2.08. The van der Waals surface area contributed by atoms with Crippen LogP contribution in [0, 0.1) is 11.3 Å². The minimum Gasteiger partial charge on any atom is -0.454 e. The molecule has 0 saturated carbocycles. The molecule has 2 rings (SSSR count). The quantitative estimate of drug-likeness (QED) is 0.484. The second kappa shape index (κ2) is 6.05. The number of hydrogen-bond acceptors (Lipinski definition) is 3. The molecule has 2 aromatic rings. The normalized spacial score (nSPS) is 9.60. The van der Waals surface area contributed by atoms with E-state index in [9.17, 15) is 4.79 Å². The number of allylic oxidation sites excluding steroid dienone is 1. The zero-order chi connectivity index (χ0) is 14.5. The SMILES string of the molecule is C=C(Oc1ccc(C#N)cc1)C(=O)c1cccc(Cl)c1. The summed E-state index contributed by atoms with van der Waals surface area (Å²) in [7, 11) is 0. The van der Waals surface area contributed by atoms with E-state index in [1.807, 2.05) is 6.07 Å². The predicted molar refractivity (Wildman–Crippen MR) is 76.7 cm³/mol. The number of Topliss-reactive ketones (excluding diaryl/α,β-unsaturated/α-hetero) is 1. The van der Waals surface area contributed by atoms with Gasteiger partial charge in [0.25, 0.3) is 0 Å². The average Bonchev–Trinajstić information content (AvgIpc) is 2.47. The first-order valence-corrected chi connectivity index (χ1v) is 6.15. The van der Waals surface area contributed by atoms with Gasteiger partial charge >= 0.3 is 0 Å². The van der Waals surface area contributed by atoms with Crippen molar-refractivity contribution in [3.8, 4) is 11.8 Å². The number of ketones is 1. The highest BCUT2D eigenvalue weighted by Crippen LogP contribution is 2.18. The van der Waals surface area contributed by atoms with Crippen molar-refractivity contribution in [2.45, 2.75) is 0 Å². The first-order chi connectivity index (χ1) is 9.60. The minimum atomic E-state index is -0.336. The molecule has 0 unspecified atom stereocenters. The Morgan fingerprint density at radius 2 is 1.90 bits per heavy atom. The van der Waals surface area contributed by atoms with Gasteiger partial charge < -0.3 is 4.74 Å². The number of carbonyl (C=O) groups excluding carboxylic acids is 1. The third-order valence-corrected chi connectivity index (χ3v) is 2.80. The molecule has 0 radical (unpaired) electrons. The van der Waals surface area contributed by atoms with Crippen molar-refractivity contribution >= 4 is 17.4 Å². The maximum atomic E-state index is 12.1. The topological polar surface area (TPSA) is 50.1 Å². The maximum Gasteiger partial charge on any atom is 0.227 e. The van der Waals surface area contributed by atoms with E-state index >= 15 is 0 Å². The molecule has 20 heavy (non-hydrogen) atoms. The number of ether oxygens (including phenoxy) is 1. The van der Waals surface area contributed by atoms with Crippen LogP contribution in [-0.2, 0) is 0 Å². The first kappa shape index (κ1) is 13.9. The van der Waals surface area contributed by atoms with Gasteiger partial charge in [-0.05, 0) is 36.4 Å². The molecule has 0 fully saturated rings. The van der Waals surface area contributed by atoms with Crippen LogP contribution in [0.2, 0.25) is 5.02 Å². The Balaban J connectivity index is 2.11. The molecule has 0 aliphatic rings. The molecule has 0 heterocycles. The summed E-state index contributed by atoms with van der Waals surface area (Å²) in [5.74, 6) is 0.109. The van der Waals surface area contributed by atoms with E-state index in [0.29, 0.717) is 21.9 Å². The van der Waals surface area contributed by atoms with Crippen LogP contribution < -0.4 is 4.74 Å². The van der Waals surface area contributed by atoms with Gasteiger partial charge in [-0.1, -0.05) is 30.3 Å². The van der Waals surface area contributed by atoms with E-state index < -0.39 is 0 Å². The highest BCUT2D eigenvalue weighted by atomic mass is 35.5. The summed E-state index contributed by atoms with van der Waals surface area (Å²) in [4.78, 5) is 12.1. The summed E-state index contributed by atoms with van der Waals surface area (Å²) in [6.45, 7) is 3.62. The van der Waals surface area contributed by atoms with Crippen LogP contribution in [0.1, 0.15) is 15.9 Å². The van der Waals surface area contributed by atoms with Crippen molar-refractivity contribution in [1.82, 2.24) is 0 Å². The second-order valence-electron chi connectivity index (χ2n) is 4.00. The molecule has 0 aliphatic carbocycles. The number of rotatable bonds is 4. The fraction of sp³-hybridized carbons (Fsp3) is 0. The summed E-state index contributed by atoms with van der Waals surface area (Å²) < 4.78 is 5.37. The van der Waals surface area contributed by atoms with Crippen LogP contribution in [-0.4, -0.2) is 5.78 Å². The highest BCUT2D eigenvalue weighted by molar-refractivity contribution is 6.31. The predicted octanol–water partition coefficient (Wildman–Crippen LogP) is 3.99. The van der Waals surface area contributed by atoms with Crippen molar-refractivity contribution in [2.75, 3.05) is 0 Å². The molecule has 0 aromatic heterocycles. The molecule has 0 bridgehead atoms. The molecule has 0 spiro atoms. The fourth-order valence-electron chi connectivity index (χ4n) is 1.58. The van der Waals surface area contributed by atoms with Crippen molar-refractivity contribution < 1.29 is 9.53 Å². The molecule has 3 nitrogen and oxygen atoms in total. The minimum absolute atomic E-state index is 0.00280. The van der Waals surface area contributed by atoms with Crippen molar-refractivity contribution in [3.63, 3.8) is 0 Å². The van der Waals surface area contributed by atoms with Gasteiger partial charge in [0.2, 0.25) is 5.78 Å². The van der Waals surface area contributed by atoms with E-state index in [1.54, 1.807) is 48.5 Å². The lowest BCUT2D eigenvalue weighted by Crippen LogP contribution is -2.08. The maximum absolute atomic E-state index is 12.1. The highest BCUT2D eigenvalue weighted by Gasteiger charge is 2.12. The van der Waals surface area contributed by atoms with Crippen molar-refractivity contribution in [2.24, 2.45) is 0 Å². The lowest BCUT2D eigenvalue weighted by molar-refractivity contribution is 0.0987. The number of benzene rings is 2. The van der Waals surface area contributed by atoms with E-state index in [0.717, 1.165) is 0 Å². The van der Waals surface area contributed by atoms with Crippen LogP contribution in [0.15, 0.2) is 60.9 Å². The van der Waals surface area contributed by atoms with Crippen LogP contribution in [0.5, 0.6) is 5.75 Å². The van der Waals surface area contributed by atoms with Gasteiger partial charge in [0.15, 0.2) is 5.76 Å². The van der Waals surface area contributed by atoms with Gasteiger partial charge in [0.05, 0.1) is 11.6 Å². The Bertz CT molecular complexity index is 699. The summed E-state index contributed by atoms with van der Waals surface area (Å²) in [5.41, 5.74) is 0.931. The van der Waals surface area contributed by atoms with Gasteiger partial charge in [0, 0.05) is 10.6 Å². The molecule has 98 valence electrons. The van der Waals surface area contributed by atoms with E-state index in [-0.39, 0.29) is 11.5 Å². The lowest BCUT2D eigenvalue weighted by atomic mass is 10.1. The molecule has 0 N–H and O–H groups in total.